The summed E-state index contributed by atoms with van der Waals surface area (Å²) in [5.41, 5.74) is 1.81. The maximum Gasteiger partial charge on any atom is 0.251 e. The Hall–Kier alpha value is -1.51. The average molecular weight is 288 g/mol. The highest BCUT2D eigenvalue weighted by molar-refractivity contribution is 5.95. The highest BCUT2D eigenvalue weighted by Crippen LogP contribution is 2.20. The van der Waals surface area contributed by atoms with E-state index in [-0.39, 0.29) is 5.91 Å². The minimum Gasteiger partial charge on any atom is -0.385 e. The Labute approximate surface area is 128 Å². The number of amides is 1. The lowest BCUT2D eigenvalue weighted by Gasteiger charge is -2.09. The molecule has 1 aliphatic rings. The first-order chi connectivity index (χ1) is 10.3. The number of hydrogen-bond donors (Lipinski definition) is 2. The molecule has 1 aliphatic carbocycles. The number of carbonyl (C=O) groups is 1. The van der Waals surface area contributed by atoms with Gasteiger partial charge in [-0.05, 0) is 37.5 Å². The van der Waals surface area contributed by atoms with Crippen LogP contribution in [0.3, 0.4) is 0 Å². The van der Waals surface area contributed by atoms with Gasteiger partial charge in [-0.25, -0.2) is 0 Å². The first-order valence-electron chi connectivity index (χ1n) is 8.44. The van der Waals surface area contributed by atoms with Gasteiger partial charge >= 0.3 is 0 Å². The molecular formula is C18H28N2O. The fraction of sp³-hybridized carbons (Fsp3) is 0.611. The van der Waals surface area contributed by atoms with Crippen LogP contribution >= 0.6 is 0 Å². The minimum absolute atomic E-state index is 0.0562. The summed E-state index contributed by atoms with van der Waals surface area (Å²) in [4.78, 5) is 12.0. The molecule has 1 fully saturated rings. The summed E-state index contributed by atoms with van der Waals surface area (Å²) >= 11 is 0. The van der Waals surface area contributed by atoms with E-state index in [1.165, 1.54) is 38.5 Å². The number of nitrogens with one attached hydrogen (secondary N) is 2. The Kier molecular flexibility index (Phi) is 6.58. The lowest BCUT2D eigenvalue weighted by Crippen LogP contribution is -2.25. The number of benzene rings is 1. The van der Waals surface area contributed by atoms with Crippen molar-refractivity contribution in [1.82, 2.24) is 5.32 Å². The second kappa shape index (κ2) is 8.71. The standard InChI is InChI=1S/C18H28N2O/c1-2-3-4-5-6-7-13-19-17-10-8-9-15(14-17)18(21)20-16-11-12-16/h8-10,14,16,19H,2-7,11-13H2,1H3,(H,20,21). The molecule has 21 heavy (non-hydrogen) atoms. The fourth-order valence-corrected chi connectivity index (χ4v) is 2.40. The lowest BCUT2D eigenvalue weighted by atomic mass is 10.1. The van der Waals surface area contributed by atoms with Crippen molar-refractivity contribution in [2.75, 3.05) is 11.9 Å². The van der Waals surface area contributed by atoms with Crippen LogP contribution in [0.5, 0.6) is 0 Å². The zero-order valence-electron chi connectivity index (χ0n) is 13.2. The Morgan fingerprint density at radius 1 is 1.14 bits per heavy atom. The second-order valence-corrected chi connectivity index (χ2v) is 6.02. The van der Waals surface area contributed by atoms with E-state index in [9.17, 15) is 4.79 Å². The summed E-state index contributed by atoms with van der Waals surface area (Å²) in [5, 5.41) is 6.45. The van der Waals surface area contributed by atoms with Gasteiger partial charge in [0.15, 0.2) is 0 Å². The molecule has 0 aliphatic heterocycles. The molecule has 3 heteroatoms. The van der Waals surface area contributed by atoms with Gasteiger partial charge in [0.25, 0.3) is 5.91 Å². The summed E-state index contributed by atoms with van der Waals surface area (Å²) in [6.45, 7) is 3.23. The zero-order valence-corrected chi connectivity index (χ0v) is 13.2. The van der Waals surface area contributed by atoms with Gasteiger partial charge in [-0.1, -0.05) is 45.1 Å². The monoisotopic (exact) mass is 288 g/mol. The van der Waals surface area contributed by atoms with Gasteiger partial charge in [-0.2, -0.15) is 0 Å². The minimum atomic E-state index is 0.0562. The molecule has 0 atom stereocenters. The molecule has 2 rings (SSSR count). The van der Waals surface area contributed by atoms with Gasteiger partial charge in [0, 0.05) is 23.8 Å². The van der Waals surface area contributed by atoms with Crippen molar-refractivity contribution >= 4 is 11.6 Å². The molecule has 0 heterocycles. The smallest absolute Gasteiger partial charge is 0.251 e. The molecular weight excluding hydrogens is 260 g/mol. The van der Waals surface area contributed by atoms with E-state index in [0.717, 1.165) is 30.6 Å². The first-order valence-corrected chi connectivity index (χ1v) is 8.44. The van der Waals surface area contributed by atoms with Crippen LogP contribution in [-0.2, 0) is 0 Å². The molecule has 1 aromatic rings. The predicted molar refractivity (Wildman–Crippen MR) is 88.8 cm³/mol. The number of carbonyl (C=O) groups excluding carboxylic acids is 1. The Morgan fingerprint density at radius 3 is 2.67 bits per heavy atom. The molecule has 116 valence electrons. The summed E-state index contributed by atoms with van der Waals surface area (Å²) < 4.78 is 0. The van der Waals surface area contributed by atoms with Crippen molar-refractivity contribution in [3.63, 3.8) is 0 Å². The maximum absolute atomic E-state index is 12.0. The van der Waals surface area contributed by atoms with Crippen LogP contribution < -0.4 is 10.6 Å². The van der Waals surface area contributed by atoms with Crippen molar-refractivity contribution in [2.45, 2.75) is 64.3 Å². The highest BCUT2D eigenvalue weighted by Gasteiger charge is 2.23. The van der Waals surface area contributed by atoms with Crippen LogP contribution in [0.1, 0.15) is 68.6 Å². The van der Waals surface area contributed by atoms with E-state index in [0.29, 0.717) is 6.04 Å². The Bertz CT molecular complexity index is 441. The van der Waals surface area contributed by atoms with Crippen LogP contribution in [0.15, 0.2) is 24.3 Å². The maximum atomic E-state index is 12.0. The number of rotatable bonds is 10. The van der Waals surface area contributed by atoms with Crippen molar-refractivity contribution < 1.29 is 4.79 Å². The molecule has 1 amide bonds. The number of unbranched alkanes of at least 4 members (excludes halogenated alkanes) is 5. The van der Waals surface area contributed by atoms with Crippen molar-refractivity contribution in [2.24, 2.45) is 0 Å². The third-order valence-corrected chi connectivity index (χ3v) is 3.90. The normalized spacial score (nSPS) is 14.0. The summed E-state index contributed by atoms with van der Waals surface area (Å²) in [6, 6.07) is 8.23. The molecule has 0 unspecified atom stereocenters. The van der Waals surface area contributed by atoms with Crippen LogP contribution in [0.4, 0.5) is 5.69 Å². The molecule has 2 N–H and O–H groups in total. The van der Waals surface area contributed by atoms with Gasteiger partial charge < -0.3 is 10.6 Å². The third-order valence-electron chi connectivity index (χ3n) is 3.90. The molecule has 0 bridgehead atoms. The summed E-state index contributed by atoms with van der Waals surface area (Å²) in [7, 11) is 0. The van der Waals surface area contributed by atoms with Gasteiger partial charge in [-0.3, -0.25) is 4.79 Å². The molecule has 0 saturated heterocycles. The van der Waals surface area contributed by atoms with Crippen LogP contribution in [0.2, 0.25) is 0 Å². The second-order valence-electron chi connectivity index (χ2n) is 6.02. The number of hydrogen-bond acceptors (Lipinski definition) is 2. The molecule has 0 radical (unpaired) electrons. The summed E-state index contributed by atoms with van der Waals surface area (Å²) in [5.74, 6) is 0.0562. The van der Waals surface area contributed by atoms with Gasteiger partial charge in [0.2, 0.25) is 0 Å². The average Bonchev–Trinajstić information content (AvgIpc) is 3.30. The van der Waals surface area contributed by atoms with Crippen LogP contribution in [0, 0.1) is 0 Å². The van der Waals surface area contributed by atoms with Crippen molar-refractivity contribution in [1.29, 1.82) is 0 Å². The molecule has 0 spiro atoms. The first kappa shape index (κ1) is 15.9. The molecule has 1 aromatic carbocycles. The molecule has 1 saturated carbocycles. The number of anilines is 1. The van der Waals surface area contributed by atoms with E-state index >= 15 is 0 Å². The van der Waals surface area contributed by atoms with Crippen LogP contribution in [0.25, 0.3) is 0 Å². The van der Waals surface area contributed by atoms with Gasteiger partial charge in [-0.15, -0.1) is 0 Å². The van der Waals surface area contributed by atoms with Crippen LogP contribution in [-0.4, -0.2) is 18.5 Å². The predicted octanol–water partition coefficient (Wildman–Crippen LogP) is 4.35. The van der Waals surface area contributed by atoms with Gasteiger partial charge in [0.05, 0.1) is 0 Å². The fourth-order valence-electron chi connectivity index (χ4n) is 2.40. The van der Waals surface area contributed by atoms with E-state index in [1.54, 1.807) is 0 Å². The highest BCUT2D eigenvalue weighted by atomic mass is 16.1. The van der Waals surface area contributed by atoms with E-state index in [2.05, 4.69) is 17.6 Å². The Morgan fingerprint density at radius 2 is 1.90 bits per heavy atom. The topological polar surface area (TPSA) is 41.1 Å². The third kappa shape index (κ3) is 6.19. The molecule has 0 aromatic heterocycles. The van der Waals surface area contributed by atoms with E-state index < -0.39 is 0 Å². The Balaban J connectivity index is 1.67. The van der Waals surface area contributed by atoms with E-state index in [1.807, 2.05) is 24.3 Å². The lowest BCUT2D eigenvalue weighted by molar-refractivity contribution is 0.0951. The largest absolute Gasteiger partial charge is 0.385 e. The van der Waals surface area contributed by atoms with Crippen molar-refractivity contribution in [3.8, 4) is 0 Å². The SMILES string of the molecule is CCCCCCCCNc1cccc(C(=O)NC2CC2)c1. The molecule has 3 nitrogen and oxygen atoms in total. The quantitative estimate of drug-likeness (QED) is 0.628. The van der Waals surface area contributed by atoms with Gasteiger partial charge in [0.1, 0.15) is 0 Å². The van der Waals surface area contributed by atoms with E-state index in [4.69, 9.17) is 0 Å². The summed E-state index contributed by atoms with van der Waals surface area (Å²) in [6.07, 6.45) is 10.1. The van der Waals surface area contributed by atoms with Crippen molar-refractivity contribution in [3.05, 3.63) is 29.8 Å². The zero-order chi connectivity index (χ0) is 14.9.